The molecule has 0 aromatic heterocycles. The largest absolute Gasteiger partial charge is 0.322 e. The number of carbonyl (C=O) groups excluding carboxylic acids is 1. The molecule has 0 saturated heterocycles. The molecule has 1 N–H and O–H groups in total. The van der Waals surface area contributed by atoms with Crippen LogP contribution in [0.3, 0.4) is 0 Å². The van der Waals surface area contributed by atoms with Crippen LogP contribution in [-0.2, 0) is 14.8 Å². The van der Waals surface area contributed by atoms with Gasteiger partial charge in [-0.1, -0.05) is 23.7 Å². The van der Waals surface area contributed by atoms with E-state index >= 15 is 0 Å². The van der Waals surface area contributed by atoms with Gasteiger partial charge in [-0.05, 0) is 24.3 Å². The number of rotatable bonds is 5. The van der Waals surface area contributed by atoms with Gasteiger partial charge in [-0.2, -0.15) is 0 Å². The molecule has 0 heterocycles. The van der Waals surface area contributed by atoms with E-state index < -0.39 is 34.1 Å². The minimum atomic E-state index is -3.81. The van der Waals surface area contributed by atoms with Crippen LogP contribution < -0.4 is 9.62 Å². The molecule has 2 rings (SSSR count). The number of carbonyl (C=O) groups is 1. The fourth-order valence-electron chi connectivity index (χ4n) is 1.95. The minimum Gasteiger partial charge on any atom is -0.322 e. The first-order valence-electron chi connectivity index (χ1n) is 6.65. The van der Waals surface area contributed by atoms with Gasteiger partial charge in [0.05, 0.1) is 22.7 Å². The van der Waals surface area contributed by atoms with Crippen LogP contribution in [-0.4, -0.2) is 27.1 Å². The lowest BCUT2D eigenvalue weighted by atomic mass is 10.3. The molecule has 0 aliphatic rings. The van der Waals surface area contributed by atoms with Gasteiger partial charge in [0, 0.05) is 6.07 Å². The van der Waals surface area contributed by atoms with Crippen molar-refractivity contribution in [3.63, 3.8) is 0 Å². The van der Waals surface area contributed by atoms with Crippen molar-refractivity contribution in [3.05, 3.63) is 59.1 Å². The van der Waals surface area contributed by atoms with Crippen LogP contribution in [0.1, 0.15) is 0 Å². The van der Waals surface area contributed by atoms with Crippen LogP contribution in [0.25, 0.3) is 0 Å². The molecule has 0 unspecified atom stereocenters. The molecule has 0 fully saturated rings. The van der Waals surface area contributed by atoms with Gasteiger partial charge in [0.1, 0.15) is 18.2 Å². The van der Waals surface area contributed by atoms with Crippen LogP contribution in [0.4, 0.5) is 20.2 Å². The minimum absolute atomic E-state index is 0.122. The maximum Gasteiger partial charge on any atom is 0.245 e. The number of amides is 1. The Morgan fingerprint density at radius 3 is 2.46 bits per heavy atom. The van der Waals surface area contributed by atoms with Crippen molar-refractivity contribution in [2.75, 3.05) is 22.4 Å². The van der Waals surface area contributed by atoms with Gasteiger partial charge < -0.3 is 5.32 Å². The molecule has 0 saturated carbocycles. The molecule has 9 heteroatoms. The van der Waals surface area contributed by atoms with Gasteiger partial charge in [-0.25, -0.2) is 17.2 Å². The summed E-state index contributed by atoms with van der Waals surface area (Å²) in [6, 6.07) is 8.72. The Labute approximate surface area is 142 Å². The number of sulfonamides is 1. The SMILES string of the molecule is CS(=O)(=O)N(CC(=O)Nc1ccc(F)cc1F)c1ccccc1Cl. The van der Waals surface area contributed by atoms with E-state index in [1.54, 1.807) is 12.1 Å². The molecule has 2 aromatic rings. The number of nitrogens with zero attached hydrogens (tertiary/aromatic N) is 1. The first kappa shape index (κ1) is 18.2. The summed E-state index contributed by atoms with van der Waals surface area (Å²) in [6.07, 6.45) is 0.919. The van der Waals surface area contributed by atoms with Gasteiger partial charge in [-0.3, -0.25) is 9.10 Å². The van der Waals surface area contributed by atoms with E-state index in [1.807, 2.05) is 0 Å². The molecular formula is C15H13ClF2N2O3S. The summed E-state index contributed by atoms with van der Waals surface area (Å²) >= 11 is 5.97. The topological polar surface area (TPSA) is 66.5 Å². The Morgan fingerprint density at radius 2 is 1.88 bits per heavy atom. The molecule has 128 valence electrons. The van der Waals surface area contributed by atoms with Crippen LogP contribution in [0, 0.1) is 11.6 Å². The smallest absolute Gasteiger partial charge is 0.245 e. The van der Waals surface area contributed by atoms with Gasteiger partial charge >= 0.3 is 0 Å². The van der Waals surface area contributed by atoms with E-state index in [2.05, 4.69) is 5.32 Å². The Morgan fingerprint density at radius 1 is 1.21 bits per heavy atom. The summed E-state index contributed by atoms with van der Waals surface area (Å²) < 4.78 is 51.1. The summed E-state index contributed by atoms with van der Waals surface area (Å²) in [5.74, 6) is -2.56. The number of nitrogens with one attached hydrogen (secondary N) is 1. The second kappa shape index (κ2) is 7.14. The van der Waals surface area contributed by atoms with Crippen molar-refractivity contribution < 1.29 is 22.0 Å². The number of halogens is 3. The zero-order chi connectivity index (χ0) is 17.9. The summed E-state index contributed by atoms with van der Waals surface area (Å²) in [4.78, 5) is 12.1. The lowest BCUT2D eigenvalue weighted by molar-refractivity contribution is -0.114. The Balaban J connectivity index is 2.24. The highest BCUT2D eigenvalue weighted by Crippen LogP contribution is 2.27. The fourth-order valence-corrected chi connectivity index (χ4v) is 3.10. The maximum atomic E-state index is 13.6. The van der Waals surface area contributed by atoms with Gasteiger partial charge in [0.15, 0.2) is 0 Å². The molecular weight excluding hydrogens is 362 g/mol. The molecule has 2 aromatic carbocycles. The van der Waals surface area contributed by atoms with Crippen molar-refractivity contribution in [1.29, 1.82) is 0 Å². The number of hydrogen-bond donors (Lipinski definition) is 1. The molecule has 1 amide bonds. The van der Waals surface area contributed by atoms with Gasteiger partial charge in [0.2, 0.25) is 15.9 Å². The van der Waals surface area contributed by atoms with Crippen molar-refractivity contribution in [3.8, 4) is 0 Å². The number of para-hydroxylation sites is 1. The van der Waals surface area contributed by atoms with Gasteiger partial charge in [0.25, 0.3) is 0 Å². The third-order valence-electron chi connectivity index (χ3n) is 3.01. The molecule has 5 nitrogen and oxygen atoms in total. The fraction of sp³-hybridized carbons (Fsp3) is 0.133. The van der Waals surface area contributed by atoms with Crippen LogP contribution in [0.2, 0.25) is 5.02 Å². The molecule has 0 spiro atoms. The monoisotopic (exact) mass is 374 g/mol. The second-order valence-electron chi connectivity index (χ2n) is 4.89. The van der Waals surface area contributed by atoms with Crippen LogP contribution in [0.5, 0.6) is 0 Å². The normalized spacial score (nSPS) is 11.2. The highest BCUT2D eigenvalue weighted by Gasteiger charge is 2.23. The van der Waals surface area contributed by atoms with E-state index in [0.29, 0.717) is 6.07 Å². The summed E-state index contributed by atoms with van der Waals surface area (Å²) in [5.41, 5.74) is -0.134. The summed E-state index contributed by atoms with van der Waals surface area (Å²) in [7, 11) is -3.81. The average Bonchev–Trinajstić information content (AvgIpc) is 2.47. The third kappa shape index (κ3) is 4.42. The molecule has 0 aliphatic heterocycles. The zero-order valence-electron chi connectivity index (χ0n) is 12.5. The highest BCUT2D eigenvalue weighted by atomic mass is 35.5. The van der Waals surface area contributed by atoms with E-state index in [9.17, 15) is 22.0 Å². The molecule has 0 radical (unpaired) electrons. The van der Waals surface area contributed by atoms with Crippen molar-refractivity contribution >= 4 is 38.9 Å². The van der Waals surface area contributed by atoms with E-state index in [0.717, 1.165) is 22.7 Å². The van der Waals surface area contributed by atoms with E-state index in [-0.39, 0.29) is 16.4 Å². The zero-order valence-corrected chi connectivity index (χ0v) is 14.0. The first-order valence-corrected chi connectivity index (χ1v) is 8.88. The van der Waals surface area contributed by atoms with Crippen molar-refractivity contribution in [2.45, 2.75) is 0 Å². The number of benzene rings is 2. The maximum absolute atomic E-state index is 13.6. The van der Waals surface area contributed by atoms with Crippen LogP contribution >= 0.6 is 11.6 Å². The van der Waals surface area contributed by atoms with E-state index in [1.165, 1.54) is 12.1 Å². The lowest BCUT2D eigenvalue weighted by Crippen LogP contribution is -2.37. The third-order valence-corrected chi connectivity index (χ3v) is 4.46. The predicted octanol–water partition coefficient (Wildman–Crippen LogP) is 3.02. The predicted molar refractivity (Wildman–Crippen MR) is 88.6 cm³/mol. The molecule has 24 heavy (non-hydrogen) atoms. The lowest BCUT2D eigenvalue weighted by Gasteiger charge is -2.22. The standard InChI is InChI=1S/C15H13ClF2N2O3S/c1-24(22,23)20(14-5-3-2-4-11(14)16)9-15(21)19-13-7-6-10(17)8-12(13)18/h2-8H,9H2,1H3,(H,19,21). The first-order chi connectivity index (χ1) is 11.2. The Hall–Kier alpha value is -2.19. The quantitative estimate of drug-likeness (QED) is 0.874. The summed E-state index contributed by atoms with van der Waals surface area (Å²) in [6.45, 7) is -0.612. The van der Waals surface area contributed by atoms with Crippen molar-refractivity contribution in [1.82, 2.24) is 0 Å². The Bertz CT molecular complexity index is 875. The number of anilines is 2. The van der Waals surface area contributed by atoms with E-state index in [4.69, 9.17) is 11.6 Å². The molecule has 0 aliphatic carbocycles. The van der Waals surface area contributed by atoms with Crippen molar-refractivity contribution in [2.24, 2.45) is 0 Å². The molecule has 0 bridgehead atoms. The molecule has 0 atom stereocenters. The summed E-state index contributed by atoms with van der Waals surface area (Å²) in [5, 5.41) is 2.34. The van der Waals surface area contributed by atoms with Crippen LogP contribution in [0.15, 0.2) is 42.5 Å². The average molecular weight is 375 g/mol. The Kier molecular flexibility index (Phi) is 5.40. The highest BCUT2D eigenvalue weighted by molar-refractivity contribution is 7.92. The van der Waals surface area contributed by atoms with Gasteiger partial charge in [-0.15, -0.1) is 0 Å². The number of hydrogen-bond acceptors (Lipinski definition) is 3. The second-order valence-corrected chi connectivity index (χ2v) is 7.21.